The van der Waals surface area contributed by atoms with Crippen molar-refractivity contribution in [2.24, 2.45) is 0 Å². The number of anilines is 1. The minimum absolute atomic E-state index is 0.166. The van der Waals surface area contributed by atoms with Crippen LogP contribution in [0.2, 0.25) is 5.02 Å². The molecule has 2 rings (SSSR count). The van der Waals surface area contributed by atoms with Crippen molar-refractivity contribution >= 4 is 17.3 Å². The lowest BCUT2D eigenvalue weighted by molar-refractivity contribution is 0.626. The van der Waals surface area contributed by atoms with Gasteiger partial charge >= 0.3 is 0 Å². The van der Waals surface area contributed by atoms with Crippen LogP contribution in [0.5, 0.6) is 0 Å². The first kappa shape index (κ1) is 10.7. The summed E-state index contributed by atoms with van der Waals surface area (Å²) in [6.45, 7) is 1.96. The van der Waals surface area contributed by atoms with Crippen molar-refractivity contribution < 1.29 is 4.39 Å². The van der Waals surface area contributed by atoms with Gasteiger partial charge in [0.2, 0.25) is 0 Å². The molecule has 82 valence electrons. The van der Waals surface area contributed by atoms with Gasteiger partial charge < -0.3 is 10.6 Å². The zero-order valence-electron chi connectivity index (χ0n) is 8.39. The van der Waals surface area contributed by atoms with Crippen LogP contribution in [0.1, 0.15) is 12.8 Å². The molecule has 1 aromatic rings. The Kier molecular flexibility index (Phi) is 3.44. The first-order chi connectivity index (χ1) is 7.25. The van der Waals surface area contributed by atoms with Gasteiger partial charge in [-0.2, -0.15) is 0 Å². The molecule has 0 saturated carbocycles. The number of benzene rings is 1. The summed E-state index contributed by atoms with van der Waals surface area (Å²) in [6.07, 6.45) is 2.43. The van der Waals surface area contributed by atoms with E-state index in [1.165, 1.54) is 18.9 Å². The summed E-state index contributed by atoms with van der Waals surface area (Å²) in [5.41, 5.74) is 0.870. The minimum Gasteiger partial charge on any atom is -0.383 e. The van der Waals surface area contributed by atoms with Crippen molar-refractivity contribution in [3.05, 3.63) is 29.0 Å². The predicted molar refractivity (Wildman–Crippen MR) is 60.9 cm³/mol. The maximum absolute atomic E-state index is 12.9. The average Bonchev–Trinajstić information content (AvgIpc) is 2.73. The Morgan fingerprint density at radius 2 is 2.40 bits per heavy atom. The molecule has 2 nitrogen and oxygen atoms in total. The van der Waals surface area contributed by atoms with Crippen molar-refractivity contribution in [3.8, 4) is 0 Å². The fraction of sp³-hybridized carbons (Fsp3) is 0.455. The maximum Gasteiger partial charge on any atom is 0.141 e. The van der Waals surface area contributed by atoms with Crippen LogP contribution < -0.4 is 10.6 Å². The molecule has 1 fully saturated rings. The number of rotatable bonds is 3. The summed E-state index contributed by atoms with van der Waals surface area (Å²) in [5, 5.41) is 6.79. The molecular weight excluding hydrogens is 215 g/mol. The zero-order chi connectivity index (χ0) is 10.7. The van der Waals surface area contributed by atoms with E-state index in [9.17, 15) is 4.39 Å². The molecule has 0 unspecified atom stereocenters. The number of hydrogen-bond donors (Lipinski definition) is 2. The van der Waals surface area contributed by atoms with Crippen LogP contribution in [-0.4, -0.2) is 19.1 Å². The molecule has 4 heteroatoms. The highest BCUT2D eigenvalue weighted by Gasteiger charge is 2.13. The summed E-state index contributed by atoms with van der Waals surface area (Å²) < 4.78 is 12.9. The minimum atomic E-state index is -0.374. The van der Waals surface area contributed by atoms with E-state index >= 15 is 0 Å². The quantitative estimate of drug-likeness (QED) is 0.831. The highest BCUT2D eigenvalue weighted by molar-refractivity contribution is 6.31. The van der Waals surface area contributed by atoms with Gasteiger partial charge in [0.05, 0.1) is 5.02 Å². The second-order valence-electron chi connectivity index (χ2n) is 3.80. The standard InChI is InChI=1S/C11H14ClFN2/c12-10-6-8(3-4-11(10)13)15-7-9-2-1-5-14-9/h3-4,6,9,14-15H,1-2,5,7H2/t9-/m0/s1. The van der Waals surface area contributed by atoms with Crippen molar-refractivity contribution in [1.82, 2.24) is 5.32 Å². The topological polar surface area (TPSA) is 24.1 Å². The van der Waals surface area contributed by atoms with E-state index in [0.29, 0.717) is 6.04 Å². The molecular formula is C11H14ClFN2. The Bertz CT molecular complexity index is 337. The third-order valence-electron chi connectivity index (χ3n) is 2.63. The molecule has 1 saturated heterocycles. The summed E-state index contributed by atoms with van der Waals surface area (Å²) in [4.78, 5) is 0. The molecule has 0 amide bonds. The maximum atomic E-state index is 12.9. The van der Waals surface area contributed by atoms with Crippen molar-refractivity contribution in [3.63, 3.8) is 0 Å². The molecule has 0 spiro atoms. The van der Waals surface area contributed by atoms with Gasteiger partial charge in [0, 0.05) is 18.3 Å². The van der Waals surface area contributed by atoms with Crippen LogP contribution in [0.3, 0.4) is 0 Å². The van der Waals surface area contributed by atoms with E-state index in [2.05, 4.69) is 10.6 Å². The highest BCUT2D eigenvalue weighted by Crippen LogP contribution is 2.19. The molecule has 0 aromatic heterocycles. The average molecular weight is 229 g/mol. The Morgan fingerprint density at radius 1 is 1.53 bits per heavy atom. The van der Waals surface area contributed by atoms with Gasteiger partial charge in [-0.05, 0) is 37.6 Å². The molecule has 2 N–H and O–H groups in total. The van der Waals surface area contributed by atoms with E-state index in [0.717, 1.165) is 18.8 Å². The van der Waals surface area contributed by atoms with Crippen LogP contribution in [0.4, 0.5) is 10.1 Å². The van der Waals surface area contributed by atoms with E-state index in [1.54, 1.807) is 12.1 Å². The largest absolute Gasteiger partial charge is 0.383 e. The number of nitrogens with one attached hydrogen (secondary N) is 2. The molecule has 0 aliphatic carbocycles. The van der Waals surface area contributed by atoms with Crippen LogP contribution in [0, 0.1) is 5.82 Å². The SMILES string of the molecule is Fc1ccc(NC[C@@H]2CCCN2)cc1Cl. The molecule has 0 radical (unpaired) electrons. The highest BCUT2D eigenvalue weighted by atomic mass is 35.5. The first-order valence-electron chi connectivity index (χ1n) is 5.18. The Hall–Kier alpha value is -0.800. The molecule has 1 heterocycles. The van der Waals surface area contributed by atoms with Gasteiger partial charge in [-0.3, -0.25) is 0 Å². The summed E-state index contributed by atoms with van der Waals surface area (Å²) in [6, 6.07) is 5.23. The second-order valence-corrected chi connectivity index (χ2v) is 4.21. The van der Waals surface area contributed by atoms with Crippen LogP contribution in [0.15, 0.2) is 18.2 Å². The second kappa shape index (κ2) is 4.81. The van der Waals surface area contributed by atoms with E-state index in [4.69, 9.17) is 11.6 Å². The third kappa shape index (κ3) is 2.83. The summed E-state index contributed by atoms with van der Waals surface area (Å²) >= 11 is 5.68. The fourth-order valence-electron chi connectivity index (χ4n) is 1.78. The van der Waals surface area contributed by atoms with Gasteiger partial charge in [-0.25, -0.2) is 4.39 Å². The summed E-state index contributed by atoms with van der Waals surface area (Å²) in [5.74, 6) is -0.374. The molecule has 15 heavy (non-hydrogen) atoms. The van der Waals surface area contributed by atoms with E-state index < -0.39 is 0 Å². The number of hydrogen-bond acceptors (Lipinski definition) is 2. The van der Waals surface area contributed by atoms with E-state index in [-0.39, 0.29) is 10.8 Å². The zero-order valence-corrected chi connectivity index (χ0v) is 9.15. The molecule has 0 bridgehead atoms. The van der Waals surface area contributed by atoms with Crippen molar-refractivity contribution in [2.45, 2.75) is 18.9 Å². The fourth-order valence-corrected chi connectivity index (χ4v) is 1.96. The smallest absolute Gasteiger partial charge is 0.141 e. The Morgan fingerprint density at radius 3 is 3.07 bits per heavy atom. The molecule has 1 aliphatic heterocycles. The predicted octanol–water partition coefficient (Wildman–Crippen LogP) is 2.64. The normalized spacial score (nSPS) is 20.5. The van der Waals surface area contributed by atoms with Gasteiger partial charge in [0.25, 0.3) is 0 Å². The molecule has 1 aliphatic rings. The molecule has 1 aromatic carbocycles. The van der Waals surface area contributed by atoms with Gasteiger partial charge in [0.15, 0.2) is 0 Å². The van der Waals surface area contributed by atoms with Gasteiger partial charge in [0.1, 0.15) is 5.82 Å². The Labute approximate surface area is 93.8 Å². The van der Waals surface area contributed by atoms with Crippen molar-refractivity contribution in [2.75, 3.05) is 18.4 Å². The van der Waals surface area contributed by atoms with Crippen LogP contribution in [-0.2, 0) is 0 Å². The monoisotopic (exact) mass is 228 g/mol. The van der Waals surface area contributed by atoms with Crippen molar-refractivity contribution in [1.29, 1.82) is 0 Å². The lowest BCUT2D eigenvalue weighted by Gasteiger charge is -2.12. The third-order valence-corrected chi connectivity index (χ3v) is 2.92. The van der Waals surface area contributed by atoms with Gasteiger partial charge in [-0.15, -0.1) is 0 Å². The first-order valence-corrected chi connectivity index (χ1v) is 5.56. The summed E-state index contributed by atoms with van der Waals surface area (Å²) in [7, 11) is 0. The lowest BCUT2D eigenvalue weighted by atomic mass is 10.2. The number of halogens is 2. The Balaban J connectivity index is 1.90. The lowest BCUT2D eigenvalue weighted by Crippen LogP contribution is -2.29. The van der Waals surface area contributed by atoms with Crippen LogP contribution >= 0.6 is 11.6 Å². The van der Waals surface area contributed by atoms with Crippen LogP contribution in [0.25, 0.3) is 0 Å². The molecule has 1 atom stereocenters. The van der Waals surface area contributed by atoms with E-state index in [1.807, 2.05) is 0 Å². The van der Waals surface area contributed by atoms with Gasteiger partial charge in [-0.1, -0.05) is 11.6 Å².